The Labute approximate surface area is 81.4 Å². The number of alkyl halides is 2. The Morgan fingerprint density at radius 3 is 3.00 bits per heavy atom. The summed E-state index contributed by atoms with van der Waals surface area (Å²) in [5.74, 6) is -2.73. The number of carbonyl (C=O) groups is 1. The highest BCUT2D eigenvalue weighted by Gasteiger charge is 2.54. The number of nitrogens with zero attached hydrogens (tertiary/aromatic N) is 1. The van der Waals surface area contributed by atoms with Crippen molar-refractivity contribution in [3.63, 3.8) is 0 Å². The van der Waals surface area contributed by atoms with Crippen LogP contribution in [0.3, 0.4) is 0 Å². The Balaban J connectivity index is 2.22. The van der Waals surface area contributed by atoms with Crippen LogP contribution in [0.25, 0.3) is 0 Å². The molecule has 2 amide bonds. The van der Waals surface area contributed by atoms with Crippen LogP contribution in [0, 0.1) is 0 Å². The quantitative estimate of drug-likeness (QED) is 0.691. The lowest BCUT2D eigenvalue weighted by atomic mass is 9.87. The SMILES string of the molecule is CCN1C(=O)N[C@@H]2[C@H]1CCCC2(F)F. The molecular weight excluding hydrogens is 190 g/mol. The zero-order valence-electron chi connectivity index (χ0n) is 8.09. The number of nitrogens with one attached hydrogen (secondary N) is 1. The Morgan fingerprint density at radius 1 is 1.64 bits per heavy atom. The van der Waals surface area contributed by atoms with Gasteiger partial charge in [-0.15, -0.1) is 0 Å². The monoisotopic (exact) mass is 204 g/mol. The van der Waals surface area contributed by atoms with E-state index in [-0.39, 0.29) is 18.5 Å². The van der Waals surface area contributed by atoms with Gasteiger partial charge in [-0.2, -0.15) is 0 Å². The van der Waals surface area contributed by atoms with Crippen molar-refractivity contribution in [2.24, 2.45) is 0 Å². The molecule has 1 N–H and O–H groups in total. The summed E-state index contributed by atoms with van der Waals surface area (Å²) < 4.78 is 26.8. The number of carbonyl (C=O) groups excluding carboxylic acids is 1. The van der Waals surface area contributed by atoms with Gasteiger partial charge in [0.15, 0.2) is 0 Å². The van der Waals surface area contributed by atoms with Crippen molar-refractivity contribution in [2.45, 2.75) is 44.2 Å². The van der Waals surface area contributed by atoms with Crippen LogP contribution in [0.1, 0.15) is 26.2 Å². The first kappa shape index (κ1) is 9.68. The number of fused-ring (bicyclic) bond motifs is 1. The van der Waals surface area contributed by atoms with Gasteiger partial charge in [0.05, 0.1) is 6.04 Å². The molecule has 0 radical (unpaired) electrons. The lowest BCUT2D eigenvalue weighted by Gasteiger charge is -2.34. The van der Waals surface area contributed by atoms with Gasteiger partial charge in [0.25, 0.3) is 5.92 Å². The Bertz CT molecular complexity index is 257. The molecule has 1 aliphatic carbocycles. The second-order valence-corrected chi connectivity index (χ2v) is 3.93. The molecule has 1 aliphatic heterocycles. The minimum absolute atomic E-state index is 0.105. The lowest BCUT2D eigenvalue weighted by molar-refractivity contribution is -0.0694. The highest BCUT2D eigenvalue weighted by molar-refractivity contribution is 5.78. The summed E-state index contributed by atoms with van der Waals surface area (Å²) in [5, 5.41) is 2.38. The van der Waals surface area contributed by atoms with Crippen molar-refractivity contribution in [3.05, 3.63) is 0 Å². The molecule has 0 aromatic rings. The standard InChI is InChI=1S/C9H14F2N2O/c1-2-13-6-4-3-5-9(10,11)7(6)12-8(13)14/h6-7H,2-5H2,1H3,(H,12,14)/t6-,7-/m1/s1. The van der Waals surface area contributed by atoms with Crippen molar-refractivity contribution < 1.29 is 13.6 Å². The van der Waals surface area contributed by atoms with Crippen LogP contribution in [-0.2, 0) is 0 Å². The zero-order valence-corrected chi connectivity index (χ0v) is 8.09. The maximum absolute atomic E-state index is 13.4. The molecular formula is C9H14F2N2O. The number of halogens is 2. The van der Waals surface area contributed by atoms with E-state index in [1.165, 1.54) is 4.90 Å². The fourth-order valence-corrected chi connectivity index (χ4v) is 2.43. The molecule has 0 bridgehead atoms. The van der Waals surface area contributed by atoms with Crippen molar-refractivity contribution in [2.75, 3.05) is 6.54 Å². The zero-order chi connectivity index (χ0) is 10.3. The normalized spacial score (nSPS) is 35.4. The number of rotatable bonds is 1. The summed E-state index contributed by atoms with van der Waals surface area (Å²) in [5.41, 5.74) is 0. The van der Waals surface area contributed by atoms with Crippen LogP contribution < -0.4 is 5.32 Å². The smallest absolute Gasteiger partial charge is 0.318 e. The number of urea groups is 1. The molecule has 1 heterocycles. The predicted molar refractivity (Wildman–Crippen MR) is 47.3 cm³/mol. The van der Waals surface area contributed by atoms with E-state index in [0.717, 1.165) is 0 Å². The molecule has 2 fully saturated rings. The van der Waals surface area contributed by atoms with Gasteiger partial charge in [-0.1, -0.05) is 0 Å². The van der Waals surface area contributed by atoms with Gasteiger partial charge >= 0.3 is 6.03 Å². The number of hydrogen-bond donors (Lipinski definition) is 1. The van der Waals surface area contributed by atoms with Crippen LogP contribution >= 0.6 is 0 Å². The summed E-state index contributed by atoms with van der Waals surface area (Å²) in [6.45, 7) is 2.32. The van der Waals surface area contributed by atoms with Gasteiger partial charge in [-0.25, -0.2) is 13.6 Å². The molecule has 0 aromatic heterocycles. The molecule has 0 aromatic carbocycles. The van der Waals surface area contributed by atoms with Gasteiger partial charge in [-0.05, 0) is 19.8 Å². The molecule has 14 heavy (non-hydrogen) atoms. The molecule has 1 saturated heterocycles. The highest BCUT2D eigenvalue weighted by Crippen LogP contribution is 2.38. The number of hydrogen-bond acceptors (Lipinski definition) is 1. The molecule has 2 rings (SSSR count). The fraction of sp³-hybridized carbons (Fsp3) is 0.889. The van der Waals surface area contributed by atoms with E-state index < -0.39 is 12.0 Å². The Hall–Kier alpha value is -0.870. The third-order valence-corrected chi connectivity index (χ3v) is 3.13. The minimum atomic E-state index is -2.73. The second-order valence-electron chi connectivity index (χ2n) is 3.93. The first-order chi connectivity index (χ1) is 6.56. The van der Waals surface area contributed by atoms with Crippen molar-refractivity contribution in [1.29, 1.82) is 0 Å². The average molecular weight is 204 g/mol. The van der Waals surface area contributed by atoms with Gasteiger partial charge in [0.1, 0.15) is 6.04 Å². The van der Waals surface area contributed by atoms with Crippen LogP contribution in [0.5, 0.6) is 0 Å². The van der Waals surface area contributed by atoms with Crippen LogP contribution in [-0.4, -0.2) is 35.5 Å². The van der Waals surface area contributed by atoms with Crippen molar-refractivity contribution in [3.8, 4) is 0 Å². The van der Waals surface area contributed by atoms with E-state index in [9.17, 15) is 13.6 Å². The van der Waals surface area contributed by atoms with E-state index in [4.69, 9.17) is 0 Å². The largest absolute Gasteiger partial charge is 0.327 e. The van der Waals surface area contributed by atoms with Gasteiger partial charge < -0.3 is 10.2 Å². The summed E-state index contributed by atoms with van der Waals surface area (Å²) >= 11 is 0. The highest BCUT2D eigenvalue weighted by atomic mass is 19.3. The second kappa shape index (κ2) is 3.07. The molecule has 0 unspecified atom stereocenters. The van der Waals surface area contributed by atoms with Crippen LogP contribution in [0.2, 0.25) is 0 Å². The van der Waals surface area contributed by atoms with E-state index >= 15 is 0 Å². The van der Waals surface area contributed by atoms with E-state index in [0.29, 0.717) is 19.4 Å². The summed E-state index contributed by atoms with van der Waals surface area (Å²) in [6.07, 6.45) is 1.08. The first-order valence-electron chi connectivity index (χ1n) is 5.01. The van der Waals surface area contributed by atoms with Crippen molar-refractivity contribution >= 4 is 6.03 Å². The van der Waals surface area contributed by atoms with Gasteiger partial charge in [0.2, 0.25) is 0 Å². The van der Waals surface area contributed by atoms with E-state index in [2.05, 4.69) is 5.32 Å². The summed E-state index contributed by atoms with van der Waals surface area (Å²) in [4.78, 5) is 12.9. The van der Waals surface area contributed by atoms with Gasteiger partial charge in [0, 0.05) is 13.0 Å². The maximum Gasteiger partial charge on any atom is 0.318 e. The molecule has 2 atom stereocenters. The van der Waals surface area contributed by atoms with Crippen LogP contribution in [0.15, 0.2) is 0 Å². The van der Waals surface area contributed by atoms with E-state index in [1.54, 1.807) is 0 Å². The lowest BCUT2D eigenvalue weighted by Crippen LogP contribution is -2.51. The Kier molecular flexibility index (Phi) is 2.12. The van der Waals surface area contributed by atoms with Crippen molar-refractivity contribution in [1.82, 2.24) is 10.2 Å². The molecule has 0 spiro atoms. The third-order valence-electron chi connectivity index (χ3n) is 3.13. The fourth-order valence-electron chi connectivity index (χ4n) is 2.43. The minimum Gasteiger partial charge on any atom is -0.327 e. The summed E-state index contributed by atoms with van der Waals surface area (Å²) in [7, 11) is 0. The average Bonchev–Trinajstić information content (AvgIpc) is 2.42. The molecule has 2 aliphatic rings. The maximum atomic E-state index is 13.4. The summed E-state index contributed by atoms with van der Waals surface area (Å²) in [6, 6.07) is -1.62. The molecule has 5 heteroatoms. The third kappa shape index (κ3) is 1.26. The predicted octanol–water partition coefficient (Wildman–Crippen LogP) is 1.59. The van der Waals surface area contributed by atoms with Gasteiger partial charge in [-0.3, -0.25) is 0 Å². The Morgan fingerprint density at radius 2 is 2.36 bits per heavy atom. The molecule has 3 nitrogen and oxygen atoms in total. The molecule has 1 saturated carbocycles. The topological polar surface area (TPSA) is 32.3 Å². The first-order valence-corrected chi connectivity index (χ1v) is 5.01. The molecule has 80 valence electrons. The van der Waals surface area contributed by atoms with Crippen LogP contribution in [0.4, 0.5) is 13.6 Å². The number of amides is 2. The number of likely N-dealkylation sites (N-methyl/N-ethyl adjacent to an activating group) is 1. The van der Waals surface area contributed by atoms with E-state index in [1.807, 2.05) is 6.92 Å².